The molecular formula is C28H26N2O5. The molecule has 178 valence electrons. The number of ketones is 1. The molecule has 3 aromatic carbocycles. The maximum atomic E-state index is 13.4. The Bertz CT molecular complexity index is 1360. The molecule has 1 heterocycles. The first kappa shape index (κ1) is 23.8. The summed E-state index contributed by atoms with van der Waals surface area (Å²) in [5.41, 5.74) is 2.86. The summed E-state index contributed by atoms with van der Waals surface area (Å²) in [5.74, 6) is -1.43. The van der Waals surface area contributed by atoms with E-state index >= 15 is 0 Å². The van der Waals surface area contributed by atoms with Gasteiger partial charge in [0, 0.05) is 28.4 Å². The van der Waals surface area contributed by atoms with Gasteiger partial charge >= 0.3 is 5.97 Å². The minimum absolute atomic E-state index is 0.0114. The van der Waals surface area contributed by atoms with Crippen LogP contribution >= 0.6 is 0 Å². The van der Waals surface area contributed by atoms with Crippen molar-refractivity contribution in [2.75, 3.05) is 12.4 Å². The predicted molar refractivity (Wildman–Crippen MR) is 134 cm³/mol. The van der Waals surface area contributed by atoms with Gasteiger partial charge in [0.05, 0.1) is 23.9 Å². The van der Waals surface area contributed by atoms with Gasteiger partial charge in [-0.2, -0.15) is 0 Å². The number of rotatable bonds is 6. The van der Waals surface area contributed by atoms with E-state index in [1.807, 2.05) is 18.2 Å². The smallest absolute Gasteiger partial charge is 0.336 e. The van der Waals surface area contributed by atoms with Crippen LogP contribution < -0.4 is 15.4 Å². The molecule has 0 aliphatic carbocycles. The van der Waals surface area contributed by atoms with Crippen LogP contribution in [-0.4, -0.2) is 35.4 Å². The lowest BCUT2D eigenvalue weighted by Crippen LogP contribution is -2.43. The van der Waals surface area contributed by atoms with E-state index in [1.54, 1.807) is 43.5 Å². The number of carbonyl (C=O) groups excluding carboxylic acids is 2. The lowest BCUT2D eigenvalue weighted by Gasteiger charge is -2.35. The fourth-order valence-electron chi connectivity index (χ4n) is 4.23. The van der Waals surface area contributed by atoms with E-state index in [0.29, 0.717) is 17.1 Å². The third-order valence-corrected chi connectivity index (χ3v) is 5.83. The first-order valence-corrected chi connectivity index (χ1v) is 11.1. The lowest BCUT2D eigenvalue weighted by atomic mass is 9.85. The third-order valence-electron chi connectivity index (χ3n) is 5.83. The second-order valence-corrected chi connectivity index (χ2v) is 8.98. The summed E-state index contributed by atoms with van der Waals surface area (Å²) < 4.78 is 5.37. The number of hydrogen-bond acceptors (Lipinski definition) is 5. The molecule has 0 atom stereocenters. The van der Waals surface area contributed by atoms with Crippen molar-refractivity contribution in [3.8, 4) is 5.75 Å². The molecule has 0 fully saturated rings. The molecule has 4 rings (SSSR count). The Hall–Kier alpha value is -4.39. The SMILES string of the molecule is COc1ccc2c(c1)/C(=C/C(=O)c1ccccc1NC(=O)c1ccccc1C(=O)O)NC(C)(C)C2. The van der Waals surface area contributed by atoms with Gasteiger partial charge in [0.1, 0.15) is 5.75 Å². The summed E-state index contributed by atoms with van der Waals surface area (Å²) >= 11 is 0. The van der Waals surface area contributed by atoms with Gasteiger partial charge in [-0.05, 0) is 62.2 Å². The van der Waals surface area contributed by atoms with Crippen LogP contribution in [0.5, 0.6) is 5.75 Å². The van der Waals surface area contributed by atoms with Crippen LogP contribution in [0, 0.1) is 0 Å². The first-order valence-electron chi connectivity index (χ1n) is 11.1. The van der Waals surface area contributed by atoms with E-state index in [4.69, 9.17) is 4.74 Å². The molecule has 7 nitrogen and oxygen atoms in total. The van der Waals surface area contributed by atoms with E-state index in [0.717, 1.165) is 17.5 Å². The van der Waals surface area contributed by atoms with Crippen molar-refractivity contribution in [1.29, 1.82) is 0 Å². The summed E-state index contributed by atoms with van der Waals surface area (Å²) in [5, 5.41) is 15.5. The highest BCUT2D eigenvalue weighted by molar-refractivity contribution is 6.16. The van der Waals surface area contributed by atoms with Crippen molar-refractivity contribution in [3.63, 3.8) is 0 Å². The average Bonchev–Trinajstić information content (AvgIpc) is 2.83. The van der Waals surface area contributed by atoms with Gasteiger partial charge in [-0.25, -0.2) is 4.79 Å². The molecular weight excluding hydrogens is 444 g/mol. The number of aromatic carboxylic acids is 1. The first-order chi connectivity index (χ1) is 16.7. The zero-order valence-electron chi connectivity index (χ0n) is 19.7. The lowest BCUT2D eigenvalue weighted by molar-refractivity contribution is 0.0692. The Morgan fingerprint density at radius 1 is 0.971 bits per heavy atom. The average molecular weight is 471 g/mol. The Balaban J connectivity index is 1.69. The number of carboxylic acid groups (broad SMARTS) is 1. The fourth-order valence-corrected chi connectivity index (χ4v) is 4.23. The molecule has 35 heavy (non-hydrogen) atoms. The zero-order chi connectivity index (χ0) is 25.2. The number of ether oxygens (including phenoxy) is 1. The quantitative estimate of drug-likeness (QED) is 0.353. The molecule has 3 N–H and O–H groups in total. The second kappa shape index (κ2) is 9.46. The number of hydrogen-bond donors (Lipinski definition) is 3. The van der Waals surface area contributed by atoms with Crippen molar-refractivity contribution in [2.45, 2.75) is 25.8 Å². The van der Waals surface area contributed by atoms with Crippen molar-refractivity contribution in [3.05, 3.63) is 101 Å². The highest BCUT2D eigenvalue weighted by atomic mass is 16.5. The Morgan fingerprint density at radius 3 is 2.31 bits per heavy atom. The van der Waals surface area contributed by atoms with Crippen LogP contribution in [-0.2, 0) is 6.42 Å². The van der Waals surface area contributed by atoms with E-state index in [2.05, 4.69) is 24.5 Å². The van der Waals surface area contributed by atoms with Crippen LogP contribution in [0.25, 0.3) is 5.70 Å². The second-order valence-electron chi connectivity index (χ2n) is 8.98. The number of methoxy groups -OCH3 is 1. The molecule has 1 aliphatic heterocycles. The number of carboxylic acids is 1. The van der Waals surface area contributed by atoms with Gasteiger partial charge in [-0.1, -0.05) is 30.3 Å². The number of nitrogens with one attached hydrogen (secondary N) is 2. The van der Waals surface area contributed by atoms with Gasteiger partial charge in [0.2, 0.25) is 0 Å². The number of amides is 1. The summed E-state index contributed by atoms with van der Waals surface area (Å²) in [6, 6.07) is 18.4. The van der Waals surface area contributed by atoms with Gasteiger partial charge in [0.25, 0.3) is 5.91 Å². The number of benzene rings is 3. The van der Waals surface area contributed by atoms with Crippen LogP contribution in [0.1, 0.15) is 56.0 Å². The predicted octanol–water partition coefficient (Wildman–Crippen LogP) is 4.79. The Morgan fingerprint density at radius 2 is 1.63 bits per heavy atom. The molecule has 0 saturated carbocycles. The van der Waals surface area contributed by atoms with Crippen molar-refractivity contribution in [1.82, 2.24) is 5.32 Å². The number of allylic oxidation sites excluding steroid dienone is 1. The molecule has 7 heteroatoms. The number of carbonyl (C=O) groups is 3. The van der Waals surface area contributed by atoms with Crippen LogP contribution in [0.3, 0.4) is 0 Å². The van der Waals surface area contributed by atoms with Crippen molar-refractivity contribution in [2.24, 2.45) is 0 Å². The van der Waals surface area contributed by atoms with E-state index < -0.39 is 11.9 Å². The molecule has 0 radical (unpaired) electrons. The molecule has 1 amide bonds. The molecule has 0 aromatic heterocycles. The maximum Gasteiger partial charge on any atom is 0.336 e. The molecule has 0 saturated heterocycles. The number of anilines is 1. The minimum Gasteiger partial charge on any atom is -0.497 e. The standard InChI is InChI=1S/C28H26N2O5/c1-28(2)16-17-12-13-18(35-3)14-22(17)24(30-28)15-25(31)21-10-6-7-11-23(21)29-26(32)19-8-4-5-9-20(19)27(33)34/h4-15,30H,16H2,1-3H3,(H,29,32)(H,33,34)/b24-15-. The van der Waals surface area contributed by atoms with Gasteiger partial charge in [-0.3, -0.25) is 9.59 Å². The molecule has 0 bridgehead atoms. The van der Waals surface area contributed by atoms with E-state index in [9.17, 15) is 19.5 Å². The highest BCUT2D eigenvalue weighted by Crippen LogP contribution is 2.33. The maximum absolute atomic E-state index is 13.4. The molecule has 1 aliphatic rings. The Kier molecular flexibility index (Phi) is 6.42. The monoisotopic (exact) mass is 470 g/mol. The van der Waals surface area contributed by atoms with Crippen LogP contribution in [0.2, 0.25) is 0 Å². The summed E-state index contributed by atoms with van der Waals surface area (Å²) in [4.78, 5) is 37.8. The number of para-hydroxylation sites is 1. The Labute approximate surface area is 203 Å². The highest BCUT2D eigenvalue weighted by Gasteiger charge is 2.28. The third kappa shape index (κ3) is 5.09. The summed E-state index contributed by atoms with van der Waals surface area (Å²) in [6.07, 6.45) is 2.31. The van der Waals surface area contributed by atoms with E-state index in [1.165, 1.54) is 18.2 Å². The fraction of sp³-hybridized carbons (Fsp3) is 0.179. The molecule has 3 aromatic rings. The minimum atomic E-state index is -1.20. The van der Waals surface area contributed by atoms with Crippen molar-refractivity contribution < 1.29 is 24.2 Å². The summed E-state index contributed by atoms with van der Waals surface area (Å²) in [6.45, 7) is 4.12. The summed E-state index contributed by atoms with van der Waals surface area (Å²) in [7, 11) is 1.60. The normalized spacial score (nSPS) is 15.0. The largest absolute Gasteiger partial charge is 0.497 e. The topological polar surface area (TPSA) is 105 Å². The van der Waals surface area contributed by atoms with Crippen LogP contribution in [0.15, 0.2) is 72.8 Å². The van der Waals surface area contributed by atoms with Gasteiger partial charge in [-0.15, -0.1) is 0 Å². The number of fused-ring (bicyclic) bond motifs is 1. The van der Waals surface area contributed by atoms with Crippen molar-refractivity contribution >= 4 is 29.0 Å². The van der Waals surface area contributed by atoms with Gasteiger partial charge < -0.3 is 20.5 Å². The molecule has 0 spiro atoms. The van der Waals surface area contributed by atoms with E-state index in [-0.39, 0.29) is 28.0 Å². The molecule has 0 unspecified atom stereocenters. The van der Waals surface area contributed by atoms with Crippen LogP contribution in [0.4, 0.5) is 5.69 Å². The zero-order valence-corrected chi connectivity index (χ0v) is 19.7. The van der Waals surface area contributed by atoms with Gasteiger partial charge in [0.15, 0.2) is 5.78 Å².